The zero-order valence-corrected chi connectivity index (χ0v) is 10.8. The number of ketones is 1. The number of fused-ring (bicyclic) bond motifs is 1. The third-order valence-corrected chi connectivity index (χ3v) is 3.22. The summed E-state index contributed by atoms with van der Waals surface area (Å²) in [6, 6.07) is 3.72. The number of anilines is 1. The molecule has 1 amide bonds. The van der Waals surface area contributed by atoms with Gasteiger partial charge >= 0.3 is 0 Å². The molecule has 0 unspecified atom stereocenters. The Morgan fingerprint density at radius 2 is 2.10 bits per heavy atom. The Morgan fingerprint density at radius 1 is 1.33 bits per heavy atom. The zero-order chi connectivity index (χ0) is 15.1. The van der Waals surface area contributed by atoms with Crippen molar-refractivity contribution in [2.24, 2.45) is 0 Å². The Morgan fingerprint density at radius 3 is 2.71 bits per heavy atom. The molecule has 0 spiro atoms. The fourth-order valence-electron chi connectivity index (χ4n) is 2.10. The summed E-state index contributed by atoms with van der Waals surface area (Å²) in [6.45, 7) is 1.68. The maximum Gasteiger partial charge on any atom is 0.299 e. The standard InChI is InChI=1S/C12H8N4O5/c1-6-9(14-21-13-6)5-15-10-3-2-7(16(19)20)4-8(10)11(17)12(15)18/h2-4H,5H2,1H3. The summed E-state index contributed by atoms with van der Waals surface area (Å²) < 4.78 is 4.54. The van der Waals surface area contributed by atoms with E-state index in [0.717, 1.165) is 6.07 Å². The van der Waals surface area contributed by atoms with E-state index in [0.29, 0.717) is 17.1 Å². The minimum atomic E-state index is -0.775. The second kappa shape index (κ2) is 4.47. The van der Waals surface area contributed by atoms with Crippen LogP contribution in [0.1, 0.15) is 21.7 Å². The Hall–Kier alpha value is -3.10. The van der Waals surface area contributed by atoms with E-state index in [1.54, 1.807) is 6.92 Å². The Kier molecular flexibility index (Phi) is 2.75. The number of nitro benzene ring substituents is 1. The lowest BCUT2D eigenvalue weighted by Crippen LogP contribution is -2.29. The average molecular weight is 288 g/mol. The predicted octanol–water partition coefficient (Wildman–Crippen LogP) is 1.02. The number of benzene rings is 1. The monoisotopic (exact) mass is 288 g/mol. The first-order chi connectivity index (χ1) is 9.99. The molecule has 3 rings (SSSR count). The van der Waals surface area contributed by atoms with Crippen molar-refractivity contribution in [1.82, 2.24) is 10.3 Å². The summed E-state index contributed by atoms with van der Waals surface area (Å²) >= 11 is 0. The number of amides is 1. The first-order valence-electron chi connectivity index (χ1n) is 5.91. The molecule has 9 nitrogen and oxygen atoms in total. The van der Waals surface area contributed by atoms with Crippen LogP contribution in [0.4, 0.5) is 11.4 Å². The Labute approximate surface area is 117 Å². The fourth-order valence-corrected chi connectivity index (χ4v) is 2.10. The number of Topliss-reactive ketones (excluding diaryl/α,β-unsaturated/α-hetero) is 1. The summed E-state index contributed by atoms with van der Waals surface area (Å²) in [6.07, 6.45) is 0. The first-order valence-corrected chi connectivity index (χ1v) is 5.91. The van der Waals surface area contributed by atoms with Crippen LogP contribution in [0, 0.1) is 17.0 Å². The van der Waals surface area contributed by atoms with E-state index in [9.17, 15) is 19.7 Å². The normalized spacial score (nSPS) is 13.7. The number of aryl methyl sites for hydroxylation is 1. The number of carbonyl (C=O) groups excluding carboxylic acids is 2. The SMILES string of the molecule is Cc1nonc1CN1C(=O)C(=O)c2cc([N+](=O)[O-])ccc21. The molecule has 106 valence electrons. The molecule has 1 aliphatic rings. The molecule has 1 aromatic carbocycles. The van der Waals surface area contributed by atoms with Crippen molar-refractivity contribution in [3.63, 3.8) is 0 Å². The van der Waals surface area contributed by atoms with Crippen LogP contribution in [-0.4, -0.2) is 26.9 Å². The van der Waals surface area contributed by atoms with E-state index in [4.69, 9.17) is 0 Å². The molecule has 9 heteroatoms. The topological polar surface area (TPSA) is 119 Å². The average Bonchev–Trinajstić information content (AvgIpc) is 2.96. The van der Waals surface area contributed by atoms with Crippen LogP contribution in [0.2, 0.25) is 0 Å². The lowest BCUT2D eigenvalue weighted by atomic mass is 10.1. The van der Waals surface area contributed by atoms with E-state index in [1.165, 1.54) is 17.0 Å². The van der Waals surface area contributed by atoms with Gasteiger partial charge in [0.2, 0.25) is 0 Å². The van der Waals surface area contributed by atoms with E-state index in [2.05, 4.69) is 14.9 Å². The molecule has 0 saturated heterocycles. The summed E-state index contributed by atoms with van der Waals surface area (Å²) in [5.74, 6) is -1.53. The maximum atomic E-state index is 12.0. The quantitative estimate of drug-likeness (QED) is 0.469. The van der Waals surface area contributed by atoms with Crippen molar-refractivity contribution in [3.8, 4) is 0 Å². The minimum Gasteiger partial charge on any atom is -0.299 e. The first kappa shape index (κ1) is 12.9. The van der Waals surface area contributed by atoms with Crippen LogP contribution in [0.25, 0.3) is 0 Å². The Bertz CT molecular complexity index is 782. The van der Waals surface area contributed by atoms with Gasteiger partial charge in [-0.05, 0) is 13.0 Å². The highest BCUT2D eigenvalue weighted by atomic mass is 16.6. The van der Waals surface area contributed by atoms with Crippen molar-refractivity contribution in [3.05, 3.63) is 45.3 Å². The Balaban J connectivity index is 2.02. The smallest absolute Gasteiger partial charge is 0.299 e. The van der Waals surface area contributed by atoms with Gasteiger partial charge in [0.05, 0.1) is 22.7 Å². The van der Waals surface area contributed by atoms with Gasteiger partial charge in [-0.3, -0.25) is 24.6 Å². The summed E-state index contributed by atoms with van der Waals surface area (Å²) in [5, 5.41) is 18.0. The van der Waals surface area contributed by atoms with Gasteiger partial charge in [-0.25, -0.2) is 4.63 Å². The maximum absolute atomic E-state index is 12.0. The third kappa shape index (κ3) is 1.95. The lowest BCUT2D eigenvalue weighted by Gasteiger charge is -2.14. The molecule has 1 aromatic heterocycles. The number of hydrogen-bond acceptors (Lipinski definition) is 7. The zero-order valence-electron chi connectivity index (χ0n) is 10.8. The number of hydrogen-bond donors (Lipinski definition) is 0. The van der Waals surface area contributed by atoms with E-state index in [-0.39, 0.29) is 17.8 Å². The number of carbonyl (C=O) groups is 2. The lowest BCUT2D eigenvalue weighted by molar-refractivity contribution is -0.384. The van der Waals surface area contributed by atoms with Gasteiger partial charge in [0.15, 0.2) is 0 Å². The van der Waals surface area contributed by atoms with Crippen molar-refractivity contribution >= 4 is 23.1 Å². The van der Waals surface area contributed by atoms with Gasteiger partial charge in [-0.15, -0.1) is 0 Å². The van der Waals surface area contributed by atoms with Gasteiger partial charge in [-0.1, -0.05) is 10.3 Å². The van der Waals surface area contributed by atoms with Crippen molar-refractivity contribution in [2.75, 3.05) is 4.90 Å². The van der Waals surface area contributed by atoms with Crippen LogP contribution < -0.4 is 4.90 Å². The summed E-state index contributed by atoms with van der Waals surface area (Å²) in [7, 11) is 0. The molecular formula is C12H8N4O5. The minimum absolute atomic E-state index is 0.0170. The molecule has 0 aliphatic carbocycles. The second-order valence-electron chi connectivity index (χ2n) is 4.48. The van der Waals surface area contributed by atoms with Gasteiger partial charge < -0.3 is 0 Å². The van der Waals surface area contributed by atoms with Crippen molar-refractivity contribution in [2.45, 2.75) is 13.5 Å². The van der Waals surface area contributed by atoms with Crippen molar-refractivity contribution < 1.29 is 19.1 Å². The fraction of sp³-hybridized carbons (Fsp3) is 0.167. The number of nitrogens with zero attached hydrogens (tertiary/aromatic N) is 4. The largest absolute Gasteiger partial charge is 0.299 e. The number of nitro groups is 1. The highest BCUT2D eigenvalue weighted by Gasteiger charge is 2.37. The molecule has 0 bridgehead atoms. The van der Waals surface area contributed by atoms with Gasteiger partial charge in [0, 0.05) is 12.1 Å². The molecule has 21 heavy (non-hydrogen) atoms. The van der Waals surface area contributed by atoms with Crippen LogP contribution in [-0.2, 0) is 11.3 Å². The molecule has 0 fully saturated rings. The number of non-ortho nitro benzene ring substituents is 1. The molecule has 0 radical (unpaired) electrons. The van der Waals surface area contributed by atoms with Crippen LogP contribution in [0.5, 0.6) is 0 Å². The van der Waals surface area contributed by atoms with Crippen LogP contribution in [0.15, 0.2) is 22.8 Å². The number of aromatic nitrogens is 2. The van der Waals surface area contributed by atoms with Crippen LogP contribution >= 0.6 is 0 Å². The molecule has 2 heterocycles. The van der Waals surface area contributed by atoms with E-state index < -0.39 is 16.6 Å². The molecule has 0 atom stereocenters. The van der Waals surface area contributed by atoms with E-state index >= 15 is 0 Å². The molecule has 0 saturated carbocycles. The van der Waals surface area contributed by atoms with Gasteiger partial charge in [0.1, 0.15) is 11.4 Å². The highest BCUT2D eigenvalue weighted by Crippen LogP contribution is 2.33. The van der Waals surface area contributed by atoms with Crippen LogP contribution in [0.3, 0.4) is 0 Å². The second-order valence-corrected chi connectivity index (χ2v) is 4.48. The molecule has 1 aliphatic heterocycles. The number of rotatable bonds is 3. The third-order valence-electron chi connectivity index (χ3n) is 3.22. The van der Waals surface area contributed by atoms with Gasteiger partial charge in [0.25, 0.3) is 17.4 Å². The highest BCUT2D eigenvalue weighted by molar-refractivity contribution is 6.52. The van der Waals surface area contributed by atoms with Crippen molar-refractivity contribution in [1.29, 1.82) is 0 Å². The molecular weight excluding hydrogens is 280 g/mol. The van der Waals surface area contributed by atoms with Gasteiger partial charge in [-0.2, -0.15) is 0 Å². The summed E-state index contributed by atoms with van der Waals surface area (Å²) in [4.78, 5) is 35.3. The molecule has 0 N–H and O–H groups in total. The summed E-state index contributed by atoms with van der Waals surface area (Å²) in [5.41, 5.74) is 1.02. The predicted molar refractivity (Wildman–Crippen MR) is 67.7 cm³/mol. The molecule has 2 aromatic rings. The van der Waals surface area contributed by atoms with E-state index in [1.807, 2.05) is 0 Å².